The van der Waals surface area contributed by atoms with Crippen molar-refractivity contribution in [3.8, 4) is 11.6 Å². The molecule has 3 N–H and O–H groups in total. The fraction of sp³-hybridized carbons (Fsp3) is 0. The van der Waals surface area contributed by atoms with E-state index < -0.39 is 11.6 Å². The van der Waals surface area contributed by atoms with Gasteiger partial charge >= 0.3 is 0 Å². The van der Waals surface area contributed by atoms with Crippen molar-refractivity contribution in [2.45, 2.75) is 0 Å². The minimum absolute atomic E-state index is 0.0122. The zero-order valence-electron chi connectivity index (χ0n) is 8.82. The average molecular weight is 317 g/mol. The zero-order valence-corrected chi connectivity index (χ0v) is 10.4. The van der Waals surface area contributed by atoms with Gasteiger partial charge in [-0.15, -0.1) is 0 Å². The lowest BCUT2D eigenvalue weighted by Gasteiger charge is -2.07. The number of nitrogens with zero attached hydrogens (tertiary/aromatic N) is 2. The van der Waals surface area contributed by atoms with Crippen LogP contribution in [-0.4, -0.2) is 9.97 Å². The number of rotatable bonds is 3. The molecule has 0 saturated heterocycles. The van der Waals surface area contributed by atoms with Gasteiger partial charge in [0, 0.05) is 4.47 Å². The summed E-state index contributed by atoms with van der Waals surface area (Å²) in [4.78, 5) is 7.63. The first-order chi connectivity index (χ1) is 8.60. The van der Waals surface area contributed by atoms with Crippen molar-refractivity contribution in [2.24, 2.45) is 5.84 Å². The fourth-order valence-corrected chi connectivity index (χ4v) is 1.60. The number of aromatic nitrogens is 2. The number of halogens is 3. The lowest BCUT2D eigenvalue weighted by molar-refractivity contribution is 0.404. The van der Waals surface area contributed by atoms with Crippen LogP contribution in [0.5, 0.6) is 11.6 Å². The Hall–Kier alpha value is -1.80. The van der Waals surface area contributed by atoms with E-state index in [1.54, 1.807) is 0 Å². The highest BCUT2D eigenvalue weighted by molar-refractivity contribution is 9.10. The number of anilines is 1. The van der Waals surface area contributed by atoms with Gasteiger partial charge in [0.25, 0.3) is 0 Å². The molecule has 0 fully saturated rings. The quantitative estimate of drug-likeness (QED) is 0.517. The van der Waals surface area contributed by atoms with Gasteiger partial charge in [-0.25, -0.2) is 10.2 Å². The van der Waals surface area contributed by atoms with E-state index in [9.17, 15) is 8.78 Å². The summed E-state index contributed by atoms with van der Waals surface area (Å²) in [6.07, 6.45) is 2.60. The van der Waals surface area contributed by atoms with Gasteiger partial charge in [0.2, 0.25) is 11.7 Å². The maximum Gasteiger partial charge on any atom is 0.240 e. The molecular weight excluding hydrogens is 310 g/mol. The van der Waals surface area contributed by atoms with Gasteiger partial charge in [-0.1, -0.05) is 15.9 Å². The normalized spacial score (nSPS) is 10.2. The second-order valence-corrected chi connectivity index (χ2v) is 4.10. The first kappa shape index (κ1) is 12.7. The summed E-state index contributed by atoms with van der Waals surface area (Å²) >= 11 is 3.03. The molecule has 1 aromatic carbocycles. The Kier molecular flexibility index (Phi) is 3.68. The zero-order chi connectivity index (χ0) is 13.1. The summed E-state index contributed by atoms with van der Waals surface area (Å²) in [7, 11) is 0. The molecule has 0 bridgehead atoms. The van der Waals surface area contributed by atoms with Crippen LogP contribution < -0.4 is 16.0 Å². The van der Waals surface area contributed by atoms with Gasteiger partial charge in [-0.3, -0.25) is 4.98 Å². The van der Waals surface area contributed by atoms with Crippen LogP contribution in [0.3, 0.4) is 0 Å². The van der Waals surface area contributed by atoms with Crippen LogP contribution in [0.25, 0.3) is 0 Å². The van der Waals surface area contributed by atoms with Crippen LogP contribution in [0.2, 0.25) is 0 Å². The Morgan fingerprint density at radius 3 is 2.78 bits per heavy atom. The number of nitrogens with two attached hydrogens (primary N) is 1. The van der Waals surface area contributed by atoms with E-state index in [1.165, 1.54) is 18.5 Å². The largest absolute Gasteiger partial charge is 0.434 e. The van der Waals surface area contributed by atoms with Crippen molar-refractivity contribution in [1.29, 1.82) is 0 Å². The Bertz CT molecular complexity index is 582. The number of nitrogen functional groups attached to an aromatic ring is 1. The van der Waals surface area contributed by atoms with E-state index >= 15 is 0 Å². The fourth-order valence-electron chi connectivity index (χ4n) is 1.19. The molecule has 2 aromatic rings. The molecule has 0 aliphatic heterocycles. The lowest BCUT2D eigenvalue weighted by atomic mass is 10.3. The number of benzene rings is 1. The second-order valence-electron chi connectivity index (χ2n) is 3.19. The Morgan fingerprint density at radius 2 is 2.06 bits per heavy atom. The third-order valence-corrected chi connectivity index (χ3v) is 2.39. The number of hydrazine groups is 1. The summed E-state index contributed by atoms with van der Waals surface area (Å²) in [6, 6.07) is 2.27. The molecule has 0 atom stereocenters. The predicted octanol–water partition coefficient (Wildman–Crippen LogP) is 2.60. The Labute approximate surface area is 109 Å². The van der Waals surface area contributed by atoms with Gasteiger partial charge in [-0.2, -0.15) is 9.37 Å². The molecule has 2 rings (SSSR count). The van der Waals surface area contributed by atoms with Gasteiger partial charge in [0.1, 0.15) is 0 Å². The van der Waals surface area contributed by atoms with Crippen molar-refractivity contribution >= 4 is 21.7 Å². The summed E-state index contributed by atoms with van der Waals surface area (Å²) in [5.41, 5.74) is 2.26. The smallest absolute Gasteiger partial charge is 0.240 e. The summed E-state index contributed by atoms with van der Waals surface area (Å²) in [6.45, 7) is 0. The van der Waals surface area contributed by atoms with Crippen molar-refractivity contribution < 1.29 is 13.5 Å². The average Bonchev–Trinajstić information content (AvgIpc) is 2.35. The maximum atomic E-state index is 13.4. The predicted molar refractivity (Wildman–Crippen MR) is 64.0 cm³/mol. The summed E-state index contributed by atoms with van der Waals surface area (Å²) < 4.78 is 32.0. The summed E-state index contributed by atoms with van der Waals surface area (Å²) in [5, 5.41) is 0. The minimum atomic E-state index is -1.11. The van der Waals surface area contributed by atoms with Crippen LogP contribution in [-0.2, 0) is 0 Å². The van der Waals surface area contributed by atoms with Crippen LogP contribution in [0, 0.1) is 11.6 Å². The molecular formula is C10H7BrF2N4O. The van der Waals surface area contributed by atoms with E-state index in [0.717, 1.165) is 6.07 Å². The van der Waals surface area contributed by atoms with Crippen LogP contribution in [0.1, 0.15) is 0 Å². The molecule has 0 aliphatic carbocycles. The van der Waals surface area contributed by atoms with Gasteiger partial charge in [0.05, 0.1) is 12.4 Å². The molecule has 8 heteroatoms. The van der Waals surface area contributed by atoms with E-state index in [0.29, 0.717) is 4.47 Å². The van der Waals surface area contributed by atoms with Gasteiger partial charge in [-0.05, 0) is 12.1 Å². The maximum absolute atomic E-state index is 13.4. The minimum Gasteiger partial charge on any atom is -0.434 e. The molecule has 0 amide bonds. The monoisotopic (exact) mass is 316 g/mol. The summed E-state index contributed by atoms with van der Waals surface area (Å²) in [5.74, 6) is 2.93. The molecule has 0 unspecified atom stereocenters. The standard InChI is InChI=1S/C10H7BrF2N4O/c11-5-1-6(12)10(13)7(2-5)18-9-4-15-3-8(16-9)17-14/h1-4H,14H2,(H,16,17). The van der Waals surface area contributed by atoms with E-state index in [4.69, 9.17) is 10.6 Å². The van der Waals surface area contributed by atoms with Crippen molar-refractivity contribution in [3.05, 3.63) is 40.6 Å². The van der Waals surface area contributed by atoms with Crippen molar-refractivity contribution in [1.82, 2.24) is 9.97 Å². The van der Waals surface area contributed by atoms with E-state index in [1.807, 2.05) is 0 Å². The Balaban J connectivity index is 2.33. The molecule has 1 heterocycles. The Morgan fingerprint density at radius 1 is 1.28 bits per heavy atom. The van der Waals surface area contributed by atoms with E-state index in [-0.39, 0.29) is 17.4 Å². The number of nitrogens with one attached hydrogen (secondary N) is 1. The lowest BCUT2D eigenvalue weighted by Crippen LogP contribution is -2.09. The highest BCUT2D eigenvalue weighted by atomic mass is 79.9. The highest BCUT2D eigenvalue weighted by Crippen LogP contribution is 2.28. The highest BCUT2D eigenvalue weighted by Gasteiger charge is 2.13. The van der Waals surface area contributed by atoms with Crippen LogP contribution >= 0.6 is 15.9 Å². The first-order valence-electron chi connectivity index (χ1n) is 4.71. The van der Waals surface area contributed by atoms with Crippen molar-refractivity contribution in [2.75, 3.05) is 5.43 Å². The molecule has 5 nitrogen and oxygen atoms in total. The number of ether oxygens (including phenoxy) is 1. The van der Waals surface area contributed by atoms with Gasteiger partial charge < -0.3 is 10.2 Å². The molecule has 0 spiro atoms. The van der Waals surface area contributed by atoms with E-state index in [2.05, 4.69) is 31.3 Å². The molecule has 0 saturated carbocycles. The third-order valence-electron chi connectivity index (χ3n) is 1.93. The van der Waals surface area contributed by atoms with Gasteiger partial charge in [0.15, 0.2) is 17.4 Å². The topological polar surface area (TPSA) is 73.1 Å². The van der Waals surface area contributed by atoms with Crippen molar-refractivity contribution in [3.63, 3.8) is 0 Å². The second kappa shape index (κ2) is 5.23. The molecule has 0 aliphatic rings. The molecule has 1 aromatic heterocycles. The first-order valence-corrected chi connectivity index (χ1v) is 5.50. The van der Waals surface area contributed by atoms with Crippen LogP contribution in [0.15, 0.2) is 29.0 Å². The molecule has 18 heavy (non-hydrogen) atoms. The SMILES string of the molecule is NNc1cncc(Oc2cc(Br)cc(F)c2F)n1. The number of hydrogen-bond acceptors (Lipinski definition) is 5. The van der Waals surface area contributed by atoms with Crippen LogP contribution in [0.4, 0.5) is 14.6 Å². The molecule has 0 radical (unpaired) electrons. The third kappa shape index (κ3) is 2.71. The molecule has 94 valence electrons. The number of hydrogen-bond donors (Lipinski definition) is 2.